The number of ether oxygens (including phenoxy) is 1. The Kier molecular flexibility index (Phi) is 10.1. The van der Waals surface area contributed by atoms with Gasteiger partial charge in [-0.2, -0.15) is 0 Å². The fourth-order valence-corrected chi connectivity index (χ4v) is 6.18. The fourth-order valence-electron chi connectivity index (χ4n) is 5.90. The Labute approximate surface area is 236 Å². The van der Waals surface area contributed by atoms with Crippen LogP contribution < -0.4 is 10.6 Å². The van der Waals surface area contributed by atoms with Crippen molar-refractivity contribution in [3.63, 3.8) is 0 Å². The largest absolute Gasteiger partial charge is 0.453 e. The van der Waals surface area contributed by atoms with Crippen LogP contribution in [0.15, 0.2) is 42.5 Å². The van der Waals surface area contributed by atoms with Crippen LogP contribution in [-0.4, -0.2) is 80.0 Å². The summed E-state index contributed by atoms with van der Waals surface area (Å²) < 4.78 is 4.71. The van der Waals surface area contributed by atoms with E-state index in [1.165, 1.54) is 12.7 Å². The zero-order valence-corrected chi connectivity index (χ0v) is 23.8. The standard InChI is InChI=1S/C30H41ClN4O4/c1-3-22-8-4-9-23(20-22)27-25(11-5-12-26(27)31)30(38,13-7-14-33-28(36)39-2)24-10-6-17-35(21-24)29(37)34-18-15-32-16-19-34/h4-5,8-9,11-12,20,24,32,38H,3,6-7,10,13-19,21H2,1-2H3,(H,33,36)/t24-,30?/m1/s1. The molecule has 212 valence electrons. The molecule has 2 aromatic carbocycles. The highest BCUT2D eigenvalue weighted by Gasteiger charge is 2.43. The van der Waals surface area contributed by atoms with Gasteiger partial charge >= 0.3 is 12.1 Å². The molecule has 9 heteroatoms. The number of halogens is 1. The van der Waals surface area contributed by atoms with Crippen molar-refractivity contribution in [1.29, 1.82) is 0 Å². The number of urea groups is 1. The molecule has 0 bridgehead atoms. The van der Waals surface area contributed by atoms with Gasteiger partial charge in [-0.3, -0.25) is 0 Å². The minimum atomic E-state index is -1.26. The van der Waals surface area contributed by atoms with Gasteiger partial charge < -0.3 is 30.3 Å². The van der Waals surface area contributed by atoms with E-state index in [9.17, 15) is 14.7 Å². The van der Waals surface area contributed by atoms with E-state index in [1.54, 1.807) is 0 Å². The summed E-state index contributed by atoms with van der Waals surface area (Å²) in [6.07, 6.45) is 2.93. The van der Waals surface area contributed by atoms with Gasteiger partial charge in [0.15, 0.2) is 0 Å². The lowest BCUT2D eigenvalue weighted by Gasteiger charge is -2.45. The Morgan fingerprint density at radius 3 is 2.67 bits per heavy atom. The van der Waals surface area contributed by atoms with Crippen molar-refractivity contribution in [2.75, 3.05) is 52.9 Å². The number of carbonyl (C=O) groups is 2. The van der Waals surface area contributed by atoms with Gasteiger partial charge in [0.1, 0.15) is 0 Å². The summed E-state index contributed by atoms with van der Waals surface area (Å²) in [7, 11) is 1.33. The summed E-state index contributed by atoms with van der Waals surface area (Å²) in [5, 5.41) is 19.3. The molecule has 2 saturated heterocycles. The van der Waals surface area contributed by atoms with E-state index in [4.69, 9.17) is 16.3 Å². The Morgan fingerprint density at radius 2 is 1.92 bits per heavy atom. The summed E-state index contributed by atoms with van der Waals surface area (Å²) in [6.45, 7) is 6.59. The number of rotatable bonds is 8. The lowest BCUT2D eigenvalue weighted by atomic mass is 9.72. The number of aliphatic hydroxyl groups is 1. The average molecular weight is 557 g/mol. The number of aryl methyl sites for hydroxylation is 1. The third-order valence-electron chi connectivity index (χ3n) is 8.05. The smallest absolute Gasteiger partial charge is 0.406 e. The van der Waals surface area contributed by atoms with Gasteiger partial charge in [0.05, 0.1) is 12.7 Å². The van der Waals surface area contributed by atoms with Crippen molar-refractivity contribution in [3.05, 3.63) is 58.6 Å². The first-order valence-corrected chi connectivity index (χ1v) is 14.4. The van der Waals surface area contributed by atoms with Crippen LogP contribution in [0.25, 0.3) is 11.1 Å². The average Bonchev–Trinajstić information content (AvgIpc) is 2.99. The molecule has 2 fully saturated rings. The molecule has 2 aliphatic rings. The molecule has 2 aromatic rings. The molecule has 0 spiro atoms. The third kappa shape index (κ3) is 6.86. The summed E-state index contributed by atoms with van der Waals surface area (Å²) in [5.41, 5.74) is 2.48. The van der Waals surface area contributed by atoms with Crippen LogP contribution in [-0.2, 0) is 16.8 Å². The number of methoxy groups -OCH3 is 1. The summed E-state index contributed by atoms with van der Waals surface area (Å²) in [6, 6.07) is 14.0. The molecule has 8 nitrogen and oxygen atoms in total. The molecular formula is C30H41ClN4O4. The van der Waals surface area contributed by atoms with Gasteiger partial charge in [0.2, 0.25) is 0 Å². The Balaban J connectivity index is 1.68. The van der Waals surface area contributed by atoms with Crippen molar-refractivity contribution >= 4 is 23.7 Å². The van der Waals surface area contributed by atoms with Gasteiger partial charge in [-0.15, -0.1) is 0 Å². The molecule has 2 aliphatic heterocycles. The molecule has 1 unspecified atom stereocenters. The Morgan fingerprint density at radius 1 is 1.15 bits per heavy atom. The molecule has 3 N–H and O–H groups in total. The monoisotopic (exact) mass is 556 g/mol. The second-order valence-electron chi connectivity index (χ2n) is 10.5. The first-order chi connectivity index (χ1) is 18.9. The second kappa shape index (κ2) is 13.5. The molecule has 3 amide bonds. The first-order valence-electron chi connectivity index (χ1n) is 14.0. The minimum Gasteiger partial charge on any atom is -0.453 e. The quantitative estimate of drug-likeness (QED) is 0.412. The lowest BCUT2D eigenvalue weighted by molar-refractivity contribution is -0.0562. The first kappa shape index (κ1) is 29.2. The summed E-state index contributed by atoms with van der Waals surface area (Å²) in [5.74, 6) is -0.192. The maximum atomic E-state index is 13.4. The van der Waals surface area contributed by atoms with Crippen LogP contribution in [0.2, 0.25) is 5.02 Å². The number of hydrogen-bond donors (Lipinski definition) is 3. The maximum Gasteiger partial charge on any atom is 0.406 e. The topological polar surface area (TPSA) is 94.1 Å². The number of alkyl carbamates (subject to hydrolysis) is 1. The molecular weight excluding hydrogens is 516 g/mol. The van der Waals surface area contributed by atoms with E-state index < -0.39 is 11.7 Å². The highest BCUT2D eigenvalue weighted by Crippen LogP contribution is 2.45. The SMILES string of the molecule is CCc1cccc(-c2c(Cl)cccc2C(O)(CCCNC(=O)OC)[C@@H]2CCCN(C(=O)N3CCNCC3)C2)c1. The van der Waals surface area contributed by atoms with Crippen molar-refractivity contribution < 1.29 is 19.4 Å². The van der Waals surface area contributed by atoms with E-state index in [0.29, 0.717) is 50.6 Å². The van der Waals surface area contributed by atoms with Gasteiger partial charge in [-0.1, -0.05) is 54.9 Å². The number of nitrogens with zero attached hydrogens (tertiary/aromatic N) is 2. The van der Waals surface area contributed by atoms with Crippen LogP contribution >= 0.6 is 11.6 Å². The van der Waals surface area contributed by atoms with Crippen LogP contribution in [0, 0.1) is 5.92 Å². The van der Waals surface area contributed by atoms with Crippen LogP contribution in [0.3, 0.4) is 0 Å². The third-order valence-corrected chi connectivity index (χ3v) is 8.36. The number of carbonyl (C=O) groups excluding carboxylic acids is 2. The molecule has 2 atom stereocenters. The number of benzene rings is 2. The lowest BCUT2D eigenvalue weighted by Crippen LogP contribution is -2.55. The van der Waals surface area contributed by atoms with E-state index in [0.717, 1.165) is 49.0 Å². The number of likely N-dealkylation sites (tertiary alicyclic amines) is 1. The second-order valence-corrected chi connectivity index (χ2v) is 10.9. The number of piperazine rings is 1. The molecule has 2 heterocycles. The highest BCUT2D eigenvalue weighted by molar-refractivity contribution is 6.33. The molecule has 39 heavy (non-hydrogen) atoms. The zero-order valence-electron chi connectivity index (χ0n) is 23.0. The summed E-state index contributed by atoms with van der Waals surface area (Å²) >= 11 is 6.85. The fraction of sp³-hybridized carbons (Fsp3) is 0.533. The molecule has 0 saturated carbocycles. The van der Waals surface area contributed by atoms with E-state index in [1.807, 2.05) is 40.1 Å². The van der Waals surface area contributed by atoms with Crippen molar-refractivity contribution in [2.45, 2.75) is 44.6 Å². The van der Waals surface area contributed by atoms with E-state index >= 15 is 0 Å². The number of nitrogens with one attached hydrogen (secondary N) is 2. The maximum absolute atomic E-state index is 13.4. The van der Waals surface area contributed by atoms with Gasteiger partial charge in [-0.25, -0.2) is 9.59 Å². The van der Waals surface area contributed by atoms with Crippen LogP contribution in [0.1, 0.15) is 43.7 Å². The minimum absolute atomic E-state index is 0.0397. The van der Waals surface area contributed by atoms with Crippen LogP contribution in [0.4, 0.5) is 9.59 Å². The zero-order chi connectivity index (χ0) is 27.8. The van der Waals surface area contributed by atoms with Crippen molar-refractivity contribution in [3.8, 4) is 11.1 Å². The number of piperidine rings is 1. The number of amides is 3. The van der Waals surface area contributed by atoms with Gasteiger partial charge in [-0.05, 0) is 54.9 Å². The van der Waals surface area contributed by atoms with Crippen LogP contribution in [0.5, 0.6) is 0 Å². The molecule has 4 rings (SSSR count). The van der Waals surface area contributed by atoms with E-state index in [-0.39, 0.29) is 11.9 Å². The van der Waals surface area contributed by atoms with Crippen molar-refractivity contribution in [1.82, 2.24) is 20.4 Å². The predicted molar refractivity (Wildman–Crippen MR) is 154 cm³/mol. The normalized spacial score (nSPS) is 19.3. The molecule has 0 aliphatic carbocycles. The number of hydrogen-bond acceptors (Lipinski definition) is 5. The Hall–Kier alpha value is -2.81. The molecule has 0 aromatic heterocycles. The van der Waals surface area contributed by atoms with Gasteiger partial charge in [0.25, 0.3) is 0 Å². The highest BCUT2D eigenvalue weighted by atomic mass is 35.5. The predicted octanol–water partition coefficient (Wildman–Crippen LogP) is 4.63. The van der Waals surface area contributed by atoms with Gasteiger partial charge in [0, 0.05) is 62.3 Å². The Bertz CT molecular complexity index is 1140. The molecule has 0 radical (unpaired) electrons. The summed E-state index contributed by atoms with van der Waals surface area (Å²) in [4.78, 5) is 28.9. The van der Waals surface area contributed by atoms with E-state index in [2.05, 4.69) is 29.7 Å². The van der Waals surface area contributed by atoms with Crippen molar-refractivity contribution in [2.24, 2.45) is 5.92 Å².